The van der Waals surface area contributed by atoms with Crippen LogP contribution in [0.3, 0.4) is 0 Å². The molecule has 2 amide bonds. The summed E-state index contributed by atoms with van der Waals surface area (Å²) < 4.78 is 40.1. The molecule has 0 aliphatic rings. The van der Waals surface area contributed by atoms with Gasteiger partial charge in [0.1, 0.15) is 5.52 Å². The summed E-state index contributed by atoms with van der Waals surface area (Å²) in [7, 11) is 1.77. The van der Waals surface area contributed by atoms with Gasteiger partial charge in [0, 0.05) is 35.6 Å². The third-order valence-corrected chi connectivity index (χ3v) is 4.91. The van der Waals surface area contributed by atoms with Gasteiger partial charge < -0.3 is 10.6 Å². The Morgan fingerprint density at radius 3 is 2.45 bits per heavy atom. The molecule has 6 nitrogen and oxygen atoms in total. The summed E-state index contributed by atoms with van der Waals surface area (Å²) in [6.45, 7) is 0. The summed E-state index contributed by atoms with van der Waals surface area (Å²) in [5, 5.41) is 10.4. The number of alkyl halides is 3. The number of carbonyl (C=O) groups excluding carboxylic acids is 1. The van der Waals surface area contributed by atoms with Crippen LogP contribution in [0, 0.1) is 0 Å². The van der Waals surface area contributed by atoms with Crippen molar-refractivity contribution in [2.24, 2.45) is 7.05 Å². The number of aryl methyl sites for hydroxylation is 1. The summed E-state index contributed by atoms with van der Waals surface area (Å²) in [6.07, 6.45) is -1.14. The minimum Gasteiger partial charge on any atom is -0.308 e. The second-order valence-electron chi connectivity index (χ2n) is 6.73. The highest BCUT2D eigenvalue weighted by molar-refractivity contribution is 6.34. The number of fused-ring (bicyclic) bond motifs is 1. The zero-order valence-electron chi connectivity index (χ0n) is 16.0. The van der Waals surface area contributed by atoms with Crippen LogP contribution in [0.15, 0.2) is 60.9 Å². The van der Waals surface area contributed by atoms with Gasteiger partial charge in [0.25, 0.3) is 0 Å². The van der Waals surface area contributed by atoms with Gasteiger partial charge in [-0.25, -0.2) is 9.78 Å². The van der Waals surface area contributed by atoms with Crippen molar-refractivity contribution < 1.29 is 18.0 Å². The van der Waals surface area contributed by atoms with Gasteiger partial charge >= 0.3 is 12.2 Å². The molecule has 10 heteroatoms. The minimum absolute atomic E-state index is 0.0372. The van der Waals surface area contributed by atoms with E-state index in [1.165, 1.54) is 12.1 Å². The van der Waals surface area contributed by atoms with Gasteiger partial charge in [-0.3, -0.25) is 4.68 Å². The second-order valence-corrected chi connectivity index (χ2v) is 7.09. The maximum absolute atomic E-state index is 12.8. The average molecular weight is 446 g/mol. The smallest absolute Gasteiger partial charge is 0.308 e. The third-order valence-electron chi connectivity index (χ3n) is 4.63. The van der Waals surface area contributed by atoms with E-state index in [0.29, 0.717) is 16.4 Å². The number of halogens is 4. The predicted octanol–water partition coefficient (Wildman–Crippen LogP) is 5.95. The minimum atomic E-state index is -4.49. The molecular weight excluding hydrogens is 431 g/mol. The van der Waals surface area contributed by atoms with Crippen molar-refractivity contribution in [3.8, 4) is 11.1 Å². The van der Waals surface area contributed by atoms with E-state index in [1.54, 1.807) is 48.4 Å². The molecule has 2 aromatic heterocycles. The first-order valence-corrected chi connectivity index (χ1v) is 9.42. The Morgan fingerprint density at radius 2 is 1.74 bits per heavy atom. The quantitative estimate of drug-likeness (QED) is 0.383. The molecule has 0 saturated heterocycles. The van der Waals surface area contributed by atoms with Gasteiger partial charge in [-0.15, -0.1) is 0 Å². The lowest BCUT2D eigenvalue weighted by Crippen LogP contribution is -2.19. The first kappa shape index (κ1) is 20.7. The molecule has 0 aliphatic heterocycles. The maximum Gasteiger partial charge on any atom is 0.416 e. The van der Waals surface area contributed by atoms with Crippen molar-refractivity contribution >= 4 is 39.9 Å². The van der Waals surface area contributed by atoms with Crippen LogP contribution in [0.2, 0.25) is 5.15 Å². The number of hydrogen-bond acceptors (Lipinski definition) is 3. The van der Waals surface area contributed by atoms with E-state index in [1.807, 2.05) is 0 Å². The first-order chi connectivity index (χ1) is 14.7. The predicted molar refractivity (Wildman–Crippen MR) is 113 cm³/mol. The van der Waals surface area contributed by atoms with Gasteiger partial charge in [-0.2, -0.15) is 18.3 Å². The molecule has 0 aliphatic carbocycles. The first-order valence-electron chi connectivity index (χ1n) is 9.04. The Labute approximate surface area is 179 Å². The number of nitrogens with zero attached hydrogens (tertiary/aromatic N) is 3. The number of nitrogens with one attached hydrogen (secondary N) is 2. The fourth-order valence-electron chi connectivity index (χ4n) is 3.16. The van der Waals surface area contributed by atoms with E-state index in [2.05, 4.69) is 20.7 Å². The number of carbonyl (C=O) groups is 1. The molecule has 0 bridgehead atoms. The second kappa shape index (κ2) is 7.92. The Balaban J connectivity index is 1.50. The van der Waals surface area contributed by atoms with E-state index in [4.69, 9.17) is 11.6 Å². The molecule has 2 aromatic carbocycles. The molecule has 4 rings (SSSR count). The lowest BCUT2D eigenvalue weighted by Gasteiger charge is -2.11. The molecular formula is C21H15ClF3N5O. The molecule has 2 heterocycles. The van der Waals surface area contributed by atoms with E-state index < -0.39 is 17.8 Å². The van der Waals surface area contributed by atoms with Crippen molar-refractivity contribution in [1.29, 1.82) is 0 Å². The van der Waals surface area contributed by atoms with Gasteiger partial charge in [0.15, 0.2) is 5.15 Å². The van der Waals surface area contributed by atoms with Crippen molar-refractivity contribution in [1.82, 2.24) is 14.8 Å². The average Bonchev–Trinajstić information content (AvgIpc) is 3.11. The van der Waals surface area contributed by atoms with E-state index in [0.717, 1.165) is 28.6 Å². The molecule has 0 atom stereocenters. The number of aromatic nitrogens is 3. The van der Waals surface area contributed by atoms with Gasteiger partial charge in [0.2, 0.25) is 0 Å². The maximum atomic E-state index is 12.8. The van der Waals surface area contributed by atoms with Crippen LogP contribution in [0.4, 0.5) is 29.3 Å². The summed E-state index contributed by atoms with van der Waals surface area (Å²) in [5.74, 6) is 0. The third kappa shape index (κ3) is 4.31. The molecule has 2 N–H and O–H groups in total. The SMILES string of the molecule is Cn1ncc2c(-c3ccc(NC(=O)Nc4cccc(C(F)(F)F)c4)cc3)cnc(Cl)c21. The summed E-state index contributed by atoms with van der Waals surface area (Å²) >= 11 is 6.16. The number of pyridine rings is 1. The fourth-order valence-corrected chi connectivity index (χ4v) is 3.43. The highest BCUT2D eigenvalue weighted by Gasteiger charge is 2.30. The van der Waals surface area contributed by atoms with Crippen LogP contribution < -0.4 is 10.6 Å². The Bertz CT molecular complexity index is 1270. The molecule has 0 spiro atoms. The topological polar surface area (TPSA) is 71.8 Å². The molecule has 0 saturated carbocycles. The van der Waals surface area contributed by atoms with Crippen LogP contribution in [-0.4, -0.2) is 20.8 Å². The van der Waals surface area contributed by atoms with Crippen molar-refractivity contribution in [3.05, 3.63) is 71.6 Å². The van der Waals surface area contributed by atoms with Crippen LogP contribution >= 0.6 is 11.6 Å². The summed E-state index contributed by atoms with van der Waals surface area (Å²) in [6, 6.07) is 10.7. The van der Waals surface area contributed by atoms with E-state index >= 15 is 0 Å². The molecule has 0 radical (unpaired) electrons. The van der Waals surface area contributed by atoms with Crippen LogP contribution in [0.5, 0.6) is 0 Å². The van der Waals surface area contributed by atoms with Crippen molar-refractivity contribution in [2.75, 3.05) is 10.6 Å². The van der Waals surface area contributed by atoms with Crippen LogP contribution in [0.25, 0.3) is 22.0 Å². The van der Waals surface area contributed by atoms with Gasteiger partial charge in [-0.1, -0.05) is 29.8 Å². The fraction of sp³-hybridized carbons (Fsp3) is 0.0952. The monoisotopic (exact) mass is 445 g/mol. The number of hydrogen-bond donors (Lipinski definition) is 2. The standard InChI is InChI=1S/C21H15ClF3N5O/c1-30-18-17(11-27-30)16(10-26-19(18)22)12-5-7-14(8-6-12)28-20(31)29-15-4-2-3-13(9-15)21(23,24)25/h2-11H,1H3,(H2,28,29,31). The molecule has 0 fully saturated rings. The lowest BCUT2D eigenvalue weighted by atomic mass is 10.0. The van der Waals surface area contributed by atoms with Crippen LogP contribution in [-0.2, 0) is 13.2 Å². The number of urea groups is 1. The van der Waals surface area contributed by atoms with Crippen molar-refractivity contribution in [3.63, 3.8) is 0 Å². The van der Waals surface area contributed by atoms with E-state index in [-0.39, 0.29) is 5.69 Å². The van der Waals surface area contributed by atoms with Gasteiger partial charge in [-0.05, 0) is 35.9 Å². The number of benzene rings is 2. The molecule has 0 unspecified atom stereocenters. The number of rotatable bonds is 3. The largest absolute Gasteiger partial charge is 0.416 e. The zero-order chi connectivity index (χ0) is 22.2. The highest BCUT2D eigenvalue weighted by atomic mass is 35.5. The Morgan fingerprint density at radius 1 is 1.03 bits per heavy atom. The zero-order valence-corrected chi connectivity index (χ0v) is 16.8. The summed E-state index contributed by atoms with van der Waals surface area (Å²) in [4.78, 5) is 16.4. The Kier molecular flexibility index (Phi) is 5.28. The summed E-state index contributed by atoms with van der Waals surface area (Å²) in [5.41, 5.74) is 2.04. The highest BCUT2D eigenvalue weighted by Crippen LogP contribution is 2.32. The van der Waals surface area contributed by atoms with Gasteiger partial charge in [0.05, 0.1) is 11.8 Å². The molecule has 4 aromatic rings. The number of anilines is 2. The van der Waals surface area contributed by atoms with E-state index in [9.17, 15) is 18.0 Å². The lowest BCUT2D eigenvalue weighted by molar-refractivity contribution is -0.137. The molecule has 31 heavy (non-hydrogen) atoms. The Hall–Kier alpha value is -3.59. The number of amides is 2. The molecule has 158 valence electrons. The van der Waals surface area contributed by atoms with Crippen molar-refractivity contribution in [2.45, 2.75) is 6.18 Å². The van der Waals surface area contributed by atoms with Crippen LogP contribution in [0.1, 0.15) is 5.56 Å². The normalized spacial score (nSPS) is 11.5.